The van der Waals surface area contributed by atoms with E-state index in [1.54, 1.807) is 13.2 Å². The Bertz CT molecular complexity index is 811. The molecule has 4 N–H and O–H groups in total. The van der Waals surface area contributed by atoms with Crippen molar-refractivity contribution in [2.75, 3.05) is 32.6 Å². The Balaban J connectivity index is 1.82. The Hall–Kier alpha value is -2.58. The molecular formula is C19H24N4O3S. The number of carbonyl (C=O) groups excluding carboxylic acids is 2. The molecule has 1 saturated heterocycles. The predicted molar refractivity (Wildman–Crippen MR) is 107 cm³/mol. The number of thiophene rings is 1. The van der Waals surface area contributed by atoms with Gasteiger partial charge in [0.1, 0.15) is 10.8 Å². The summed E-state index contributed by atoms with van der Waals surface area (Å²) >= 11 is 1.32. The number of carbonyl (C=O) groups is 2. The molecule has 0 atom stereocenters. The summed E-state index contributed by atoms with van der Waals surface area (Å²) in [6, 6.07) is 8.78. The number of benzene rings is 1. The van der Waals surface area contributed by atoms with Crippen LogP contribution < -0.4 is 21.1 Å². The molecule has 1 aromatic heterocycles. The van der Waals surface area contributed by atoms with E-state index in [1.165, 1.54) is 11.3 Å². The maximum atomic E-state index is 12.8. The molecule has 0 radical (unpaired) electrons. The van der Waals surface area contributed by atoms with E-state index < -0.39 is 6.03 Å². The van der Waals surface area contributed by atoms with E-state index in [1.807, 2.05) is 24.3 Å². The van der Waals surface area contributed by atoms with Crippen LogP contribution in [0.1, 0.15) is 23.2 Å². The largest absolute Gasteiger partial charge is 0.497 e. The van der Waals surface area contributed by atoms with Gasteiger partial charge in [-0.1, -0.05) is 0 Å². The van der Waals surface area contributed by atoms with Crippen LogP contribution in [0, 0.1) is 0 Å². The summed E-state index contributed by atoms with van der Waals surface area (Å²) in [5.41, 5.74) is 6.65. The summed E-state index contributed by atoms with van der Waals surface area (Å²) in [6.45, 7) is 1.91. The molecule has 7 nitrogen and oxygen atoms in total. The van der Waals surface area contributed by atoms with Crippen molar-refractivity contribution in [1.29, 1.82) is 0 Å². The molecule has 144 valence electrons. The highest BCUT2D eigenvalue weighted by Gasteiger charge is 2.23. The van der Waals surface area contributed by atoms with Gasteiger partial charge in [0.2, 0.25) is 0 Å². The normalized spacial score (nSPS) is 15.3. The fourth-order valence-electron chi connectivity index (χ4n) is 3.08. The summed E-state index contributed by atoms with van der Waals surface area (Å²) < 4.78 is 5.18. The molecule has 0 spiro atoms. The molecule has 1 fully saturated rings. The van der Waals surface area contributed by atoms with E-state index >= 15 is 0 Å². The van der Waals surface area contributed by atoms with Crippen molar-refractivity contribution >= 4 is 28.3 Å². The number of rotatable bonds is 5. The Morgan fingerprint density at radius 3 is 2.48 bits per heavy atom. The van der Waals surface area contributed by atoms with Crippen molar-refractivity contribution in [3.8, 4) is 16.2 Å². The van der Waals surface area contributed by atoms with Gasteiger partial charge in [-0.3, -0.25) is 10.1 Å². The van der Waals surface area contributed by atoms with Gasteiger partial charge >= 0.3 is 6.03 Å². The third-order valence-corrected chi connectivity index (χ3v) is 5.74. The number of primary amides is 1. The van der Waals surface area contributed by atoms with Gasteiger partial charge in [0.25, 0.3) is 5.91 Å². The van der Waals surface area contributed by atoms with Gasteiger partial charge in [0.15, 0.2) is 0 Å². The van der Waals surface area contributed by atoms with Gasteiger partial charge in [-0.25, -0.2) is 4.79 Å². The van der Waals surface area contributed by atoms with E-state index in [0.717, 1.165) is 42.1 Å². The fraction of sp³-hybridized carbons (Fsp3) is 0.368. The zero-order chi connectivity index (χ0) is 19.4. The highest BCUT2D eigenvalue weighted by molar-refractivity contribution is 7.20. The average molecular weight is 388 g/mol. The van der Waals surface area contributed by atoms with Crippen molar-refractivity contribution in [2.45, 2.75) is 18.9 Å². The first kappa shape index (κ1) is 19.2. The third-order valence-electron chi connectivity index (χ3n) is 4.64. The molecule has 8 heteroatoms. The predicted octanol–water partition coefficient (Wildman–Crippen LogP) is 2.74. The van der Waals surface area contributed by atoms with Crippen molar-refractivity contribution in [2.24, 2.45) is 5.73 Å². The molecule has 1 aromatic carbocycles. The molecule has 2 heterocycles. The molecule has 0 saturated carbocycles. The van der Waals surface area contributed by atoms with E-state index in [-0.39, 0.29) is 11.9 Å². The number of likely N-dealkylation sites (tertiary alicyclic amines) is 1. The monoisotopic (exact) mass is 388 g/mol. The van der Waals surface area contributed by atoms with Gasteiger partial charge < -0.3 is 20.7 Å². The number of ether oxygens (including phenoxy) is 1. The maximum absolute atomic E-state index is 12.8. The maximum Gasteiger partial charge on any atom is 0.317 e. The molecule has 2 aromatic rings. The van der Waals surface area contributed by atoms with Crippen molar-refractivity contribution < 1.29 is 14.3 Å². The van der Waals surface area contributed by atoms with Crippen LogP contribution in [0.4, 0.5) is 9.80 Å². The number of hydrogen-bond acceptors (Lipinski definition) is 5. The number of nitrogens with one attached hydrogen (secondary N) is 2. The summed E-state index contributed by atoms with van der Waals surface area (Å²) in [7, 11) is 3.69. The van der Waals surface area contributed by atoms with Crippen LogP contribution in [0.3, 0.4) is 0 Å². The molecule has 1 aliphatic heterocycles. The lowest BCUT2D eigenvalue weighted by Crippen LogP contribution is -2.43. The first-order valence-electron chi connectivity index (χ1n) is 8.80. The number of methoxy groups -OCH3 is 1. The Morgan fingerprint density at radius 1 is 1.22 bits per heavy atom. The second kappa shape index (κ2) is 8.41. The number of urea groups is 1. The summed E-state index contributed by atoms with van der Waals surface area (Å²) in [5.74, 6) is 0.565. The number of anilines is 1. The molecule has 1 aliphatic rings. The van der Waals surface area contributed by atoms with Crippen LogP contribution in [0.25, 0.3) is 10.4 Å². The minimum atomic E-state index is -0.688. The average Bonchev–Trinajstić information content (AvgIpc) is 3.07. The van der Waals surface area contributed by atoms with E-state index in [0.29, 0.717) is 10.6 Å². The van der Waals surface area contributed by atoms with E-state index in [9.17, 15) is 9.59 Å². The van der Waals surface area contributed by atoms with Crippen molar-refractivity contribution in [1.82, 2.24) is 10.2 Å². The molecule has 3 rings (SSSR count). The van der Waals surface area contributed by atoms with Gasteiger partial charge in [-0.15, -0.1) is 11.3 Å². The Labute approximate surface area is 162 Å². The fourth-order valence-corrected chi connectivity index (χ4v) is 4.14. The number of nitrogens with zero attached hydrogens (tertiary/aromatic N) is 1. The summed E-state index contributed by atoms with van der Waals surface area (Å²) in [4.78, 5) is 27.3. The quantitative estimate of drug-likeness (QED) is 0.734. The highest BCUT2D eigenvalue weighted by Crippen LogP contribution is 2.36. The first-order valence-corrected chi connectivity index (χ1v) is 9.62. The molecular weight excluding hydrogens is 364 g/mol. The van der Waals surface area contributed by atoms with Crippen molar-refractivity contribution in [3.05, 3.63) is 35.9 Å². The Morgan fingerprint density at radius 2 is 1.89 bits per heavy atom. The topological polar surface area (TPSA) is 96.7 Å². The van der Waals surface area contributed by atoms with Gasteiger partial charge in [0, 0.05) is 10.9 Å². The number of piperidine rings is 1. The van der Waals surface area contributed by atoms with E-state index in [4.69, 9.17) is 10.5 Å². The SMILES string of the molecule is COc1ccc(-c2cc(C(=O)NC3CCN(C)CC3)c(NC(N)=O)s2)cc1. The molecule has 3 amide bonds. The first-order chi connectivity index (χ1) is 13.0. The second-order valence-corrected chi connectivity index (χ2v) is 7.67. The lowest BCUT2D eigenvalue weighted by atomic mass is 10.0. The van der Waals surface area contributed by atoms with Gasteiger partial charge in [-0.05, 0) is 68.9 Å². The zero-order valence-corrected chi connectivity index (χ0v) is 16.3. The molecule has 0 bridgehead atoms. The standard InChI is InChI=1S/C19H24N4O3S/c1-23-9-7-13(8-10-23)21-17(24)15-11-16(27-18(15)22-19(20)25)12-3-5-14(26-2)6-4-12/h3-6,11,13H,7-10H2,1-2H3,(H,21,24)(H3,20,22,25). The number of hydrogen-bond donors (Lipinski definition) is 3. The van der Waals surface area contributed by atoms with E-state index in [2.05, 4.69) is 22.6 Å². The van der Waals surface area contributed by atoms with Crippen LogP contribution in [0.2, 0.25) is 0 Å². The minimum Gasteiger partial charge on any atom is -0.497 e. The smallest absolute Gasteiger partial charge is 0.317 e. The van der Waals surface area contributed by atoms with Gasteiger partial charge in [0.05, 0.1) is 12.7 Å². The summed E-state index contributed by atoms with van der Waals surface area (Å²) in [5, 5.41) is 6.11. The summed E-state index contributed by atoms with van der Waals surface area (Å²) in [6.07, 6.45) is 1.83. The van der Waals surface area contributed by atoms with Crippen molar-refractivity contribution in [3.63, 3.8) is 0 Å². The number of nitrogens with two attached hydrogens (primary N) is 1. The van der Waals surface area contributed by atoms with Crippen LogP contribution >= 0.6 is 11.3 Å². The van der Waals surface area contributed by atoms with Crippen LogP contribution in [0.15, 0.2) is 30.3 Å². The zero-order valence-electron chi connectivity index (χ0n) is 15.5. The molecule has 0 unspecified atom stereocenters. The van der Waals surface area contributed by atoms with Crippen LogP contribution in [-0.4, -0.2) is 50.1 Å². The molecule has 27 heavy (non-hydrogen) atoms. The lowest BCUT2D eigenvalue weighted by Gasteiger charge is -2.29. The molecule has 0 aliphatic carbocycles. The van der Waals surface area contributed by atoms with Gasteiger partial charge in [-0.2, -0.15) is 0 Å². The minimum absolute atomic E-state index is 0.138. The number of amides is 3. The second-order valence-electron chi connectivity index (χ2n) is 6.62. The van der Waals surface area contributed by atoms with Crippen LogP contribution in [-0.2, 0) is 0 Å². The Kier molecular flexibility index (Phi) is 5.98. The van der Waals surface area contributed by atoms with Crippen LogP contribution in [0.5, 0.6) is 5.75 Å². The lowest BCUT2D eigenvalue weighted by molar-refractivity contribution is 0.0918. The highest BCUT2D eigenvalue weighted by atomic mass is 32.1. The third kappa shape index (κ3) is 4.78.